The maximum Gasteiger partial charge on any atom is 0.295 e. The van der Waals surface area contributed by atoms with Crippen molar-refractivity contribution in [1.29, 1.82) is 0 Å². The van der Waals surface area contributed by atoms with Crippen LogP contribution in [0.3, 0.4) is 0 Å². The number of hydrogen-bond acceptors (Lipinski definition) is 6. The van der Waals surface area contributed by atoms with Gasteiger partial charge in [-0.2, -0.15) is 0 Å². The predicted molar refractivity (Wildman–Crippen MR) is 144 cm³/mol. The van der Waals surface area contributed by atoms with E-state index < -0.39 is 17.7 Å². The van der Waals surface area contributed by atoms with Crippen molar-refractivity contribution in [3.63, 3.8) is 0 Å². The zero-order chi connectivity index (χ0) is 26.8. The van der Waals surface area contributed by atoms with Gasteiger partial charge < -0.3 is 19.1 Å². The van der Waals surface area contributed by atoms with Crippen LogP contribution in [0.2, 0.25) is 0 Å². The minimum Gasteiger partial charge on any atom is -0.505 e. The normalized spacial score (nSPS) is 16.9. The molecule has 4 heterocycles. The van der Waals surface area contributed by atoms with Crippen molar-refractivity contribution >= 4 is 23.1 Å². The van der Waals surface area contributed by atoms with Crippen molar-refractivity contribution in [3.05, 3.63) is 101 Å². The first-order chi connectivity index (χ1) is 18.4. The number of nitrogens with zero attached hydrogens (tertiary/aromatic N) is 4. The van der Waals surface area contributed by atoms with Crippen molar-refractivity contribution < 1.29 is 19.4 Å². The first-order valence-corrected chi connectivity index (χ1v) is 12.8. The van der Waals surface area contributed by atoms with Gasteiger partial charge in [0.05, 0.1) is 23.9 Å². The zero-order valence-corrected chi connectivity index (χ0v) is 21.7. The number of imidazole rings is 1. The molecular weight excluding hydrogens is 480 g/mol. The summed E-state index contributed by atoms with van der Waals surface area (Å²) in [5.74, 6) is -1.00. The molecule has 8 nitrogen and oxygen atoms in total. The predicted octanol–water partition coefficient (Wildman–Crippen LogP) is 5.15. The van der Waals surface area contributed by atoms with Crippen LogP contribution < -0.4 is 4.74 Å². The first-order valence-electron chi connectivity index (χ1n) is 12.8. The topological polar surface area (TPSA) is 97.0 Å². The third kappa shape index (κ3) is 4.53. The minimum atomic E-state index is -0.801. The van der Waals surface area contributed by atoms with E-state index >= 15 is 0 Å². The van der Waals surface area contributed by atoms with Crippen molar-refractivity contribution in [3.8, 4) is 5.75 Å². The van der Waals surface area contributed by atoms with E-state index in [1.54, 1.807) is 18.5 Å². The number of carbonyl (C=O) groups is 2. The number of pyridine rings is 2. The highest BCUT2D eigenvalue weighted by Gasteiger charge is 2.46. The molecule has 0 bridgehead atoms. The second-order valence-electron chi connectivity index (χ2n) is 9.49. The van der Waals surface area contributed by atoms with Crippen LogP contribution in [0.1, 0.15) is 53.9 Å². The van der Waals surface area contributed by atoms with Crippen LogP contribution in [-0.4, -0.2) is 42.7 Å². The Morgan fingerprint density at radius 1 is 1.08 bits per heavy atom. The summed E-state index contributed by atoms with van der Waals surface area (Å²) in [6.45, 7) is 6.64. The molecule has 1 unspecified atom stereocenters. The van der Waals surface area contributed by atoms with Crippen LogP contribution in [0.15, 0.2) is 72.7 Å². The van der Waals surface area contributed by atoms with E-state index in [4.69, 9.17) is 4.74 Å². The number of aromatic nitrogens is 3. The van der Waals surface area contributed by atoms with Gasteiger partial charge in [0, 0.05) is 25.1 Å². The summed E-state index contributed by atoms with van der Waals surface area (Å²) in [5, 5.41) is 11.6. The van der Waals surface area contributed by atoms with E-state index in [9.17, 15) is 14.7 Å². The Kier molecular flexibility index (Phi) is 6.96. The number of rotatable bonds is 8. The third-order valence-corrected chi connectivity index (χ3v) is 6.89. The number of hydrogen-bond donors (Lipinski definition) is 1. The van der Waals surface area contributed by atoms with Crippen LogP contribution in [0.25, 0.3) is 11.4 Å². The summed E-state index contributed by atoms with van der Waals surface area (Å²) in [6.07, 6.45) is 7.15. The van der Waals surface area contributed by atoms with Gasteiger partial charge in [-0.05, 0) is 61.2 Å². The Bertz CT molecular complexity index is 1520. The molecule has 1 N–H and O–H groups in total. The monoisotopic (exact) mass is 510 g/mol. The van der Waals surface area contributed by atoms with Gasteiger partial charge in [0.2, 0.25) is 0 Å². The number of likely N-dealkylation sites (tertiary alicyclic amines) is 1. The van der Waals surface area contributed by atoms with Crippen LogP contribution in [0, 0.1) is 13.8 Å². The maximum absolute atomic E-state index is 13.5. The van der Waals surface area contributed by atoms with E-state index in [1.165, 1.54) is 4.90 Å². The van der Waals surface area contributed by atoms with E-state index in [0.717, 1.165) is 24.0 Å². The SMILES string of the molecule is CCCCOc1ccc(C2C(=C(O)c3nc4c(C)cccn4c3C)C(=O)C(=O)N2Cc2cccnc2)cc1. The number of ether oxygens (including phenoxy) is 1. The Hall–Kier alpha value is -4.46. The molecule has 0 radical (unpaired) electrons. The molecule has 0 saturated carbocycles. The lowest BCUT2D eigenvalue weighted by molar-refractivity contribution is -0.140. The van der Waals surface area contributed by atoms with E-state index in [-0.39, 0.29) is 23.6 Å². The zero-order valence-electron chi connectivity index (χ0n) is 21.7. The lowest BCUT2D eigenvalue weighted by atomic mass is 9.96. The molecule has 0 aliphatic carbocycles. The molecule has 5 rings (SSSR count). The second-order valence-corrected chi connectivity index (χ2v) is 9.49. The molecule has 1 aliphatic rings. The second kappa shape index (κ2) is 10.5. The van der Waals surface area contributed by atoms with Crippen LogP contribution in [0.4, 0.5) is 0 Å². The minimum absolute atomic E-state index is 0.0164. The quantitative estimate of drug-likeness (QED) is 0.152. The van der Waals surface area contributed by atoms with Crippen molar-refractivity contribution in [2.45, 2.75) is 46.2 Å². The summed E-state index contributed by atoms with van der Waals surface area (Å²) in [6, 6.07) is 14.0. The number of ketones is 1. The van der Waals surface area contributed by atoms with Gasteiger partial charge in [0.25, 0.3) is 11.7 Å². The number of unbranched alkanes of at least 4 members (excludes halogenated alkanes) is 1. The van der Waals surface area contributed by atoms with E-state index in [1.807, 2.05) is 66.9 Å². The molecule has 1 aromatic carbocycles. The van der Waals surface area contributed by atoms with Crippen LogP contribution in [0.5, 0.6) is 5.75 Å². The molecule has 8 heteroatoms. The molecular formula is C30H30N4O4. The molecule has 4 aromatic rings. The fourth-order valence-electron chi connectivity index (χ4n) is 4.83. The van der Waals surface area contributed by atoms with Gasteiger partial charge in [-0.25, -0.2) is 4.98 Å². The van der Waals surface area contributed by atoms with Crippen molar-refractivity contribution in [2.75, 3.05) is 6.61 Å². The number of fused-ring (bicyclic) bond motifs is 1. The number of amides is 1. The number of aliphatic hydroxyl groups excluding tert-OH is 1. The summed E-state index contributed by atoms with van der Waals surface area (Å²) in [4.78, 5) is 37.1. The van der Waals surface area contributed by atoms with Crippen molar-refractivity contribution in [2.24, 2.45) is 0 Å². The standard InChI is InChI=1S/C30H30N4O4/c1-4-5-16-38-23-12-10-22(11-13-23)26-24(28(36)30(37)34(26)18-21-9-6-14-31-17-21)27(35)25-20(3)33-15-7-8-19(2)29(33)32-25/h6-15,17,26,35H,4-5,16,18H2,1-3H3. The van der Waals surface area contributed by atoms with Gasteiger partial charge in [-0.3, -0.25) is 14.6 Å². The smallest absolute Gasteiger partial charge is 0.295 e. The number of carbonyl (C=O) groups excluding carboxylic acids is 2. The lowest BCUT2D eigenvalue weighted by Crippen LogP contribution is -2.29. The average molecular weight is 511 g/mol. The van der Waals surface area contributed by atoms with E-state index in [0.29, 0.717) is 29.3 Å². The number of aliphatic hydroxyl groups is 1. The Balaban J connectivity index is 1.62. The fraction of sp³-hybridized carbons (Fsp3) is 0.267. The van der Waals surface area contributed by atoms with Gasteiger partial charge in [0.1, 0.15) is 17.1 Å². The van der Waals surface area contributed by atoms with Gasteiger partial charge >= 0.3 is 0 Å². The molecule has 3 aromatic heterocycles. The molecule has 1 saturated heterocycles. The molecule has 0 spiro atoms. The highest BCUT2D eigenvalue weighted by Crippen LogP contribution is 2.41. The van der Waals surface area contributed by atoms with Gasteiger partial charge in [0.15, 0.2) is 5.76 Å². The largest absolute Gasteiger partial charge is 0.505 e. The summed E-state index contributed by atoms with van der Waals surface area (Å²) < 4.78 is 7.67. The number of aryl methyl sites for hydroxylation is 2. The first kappa shape index (κ1) is 25.2. The molecule has 1 amide bonds. The van der Waals surface area contributed by atoms with Crippen LogP contribution >= 0.6 is 0 Å². The average Bonchev–Trinajstić information content (AvgIpc) is 3.40. The highest BCUT2D eigenvalue weighted by molar-refractivity contribution is 6.46. The summed E-state index contributed by atoms with van der Waals surface area (Å²) in [7, 11) is 0. The number of Topliss-reactive ketones (excluding diaryl/α,β-unsaturated/α-hetero) is 1. The summed E-state index contributed by atoms with van der Waals surface area (Å²) in [5.41, 5.74) is 4.06. The molecule has 194 valence electrons. The fourth-order valence-corrected chi connectivity index (χ4v) is 4.83. The Morgan fingerprint density at radius 2 is 1.87 bits per heavy atom. The van der Waals surface area contributed by atoms with Crippen LogP contribution in [-0.2, 0) is 16.1 Å². The molecule has 1 fully saturated rings. The summed E-state index contributed by atoms with van der Waals surface area (Å²) >= 11 is 0. The molecule has 38 heavy (non-hydrogen) atoms. The Morgan fingerprint density at radius 3 is 2.55 bits per heavy atom. The highest BCUT2D eigenvalue weighted by atomic mass is 16.5. The molecule has 1 atom stereocenters. The number of benzene rings is 1. The van der Waals surface area contributed by atoms with Gasteiger partial charge in [-0.15, -0.1) is 0 Å². The maximum atomic E-state index is 13.5. The molecule has 1 aliphatic heterocycles. The van der Waals surface area contributed by atoms with Crippen molar-refractivity contribution in [1.82, 2.24) is 19.3 Å². The van der Waals surface area contributed by atoms with Gasteiger partial charge in [-0.1, -0.05) is 37.6 Å². The third-order valence-electron chi connectivity index (χ3n) is 6.89. The van der Waals surface area contributed by atoms with E-state index in [2.05, 4.69) is 16.9 Å². The Labute approximate surface area is 221 Å². The lowest BCUT2D eigenvalue weighted by Gasteiger charge is -2.25.